The Morgan fingerprint density at radius 1 is 1.48 bits per heavy atom. The summed E-state index contributed by atoms with van der Waals surface area (Å²) in [6.07, 6.45) is -0.204. The third kappa shape index (κ3) is 4.02. The van der Waals surface area contributed by atoms with Crippen LogP contribution in [0, 0.1) is 0 Å². The summed E-state index contributed by atoms with van der Waals surface area (Å²) in [6, 6.07) is 5.00. The lowest BCUT2D eigenvalue weighted by atomic mass is 10.2. The molecule has 1 aromatic rings. The molecule has 0 radical (unpaired) electrons. The normalized spacial score (nSPS) is 18.5. The van der Waals surface area contributed by atoms with Crippen molar-refractivity contribution < 1.29 is 17.9 Å². The van der Waals surface area contributed by atoms with Crippen molar-refractivity contribution in [1.82, 2.24) is 0 Å². The number of benzene rings is 1. The van der Waals surface area contributed by atoms with E-state index in [4.69, 9.17) is 21.1 Å². The highest BCUT2D eigenvalue weighted by Gasteiger charge is 2.31. The molecule has 1 aliphatic rings. The van der Waals surface area contributed by atoms with Gasteiger partial charge in [0.15, 0.2) is 0 Å². The fourth-order valence-corrected chi connectivity index (χ4v) is 3.71. The van der Waals surface area contributed by atoms with Crippen LogP contribution >= 0.6 is 11.6 Å². The van der Waals surface area contributed by atoms with Gasteiger partial charge in [0.25, 0.3) is 0 Å². The first-order valence-corrected chi connectivity index (χ1v) is 8.86. The summed E-state index contributed by atoms with van der Waals surface area (Å²) in [5.41, 5.74) is 0.491. The van der Waals surface area contributed by atoms with Crippen LogP contribution in [0.5, 0.6) is 5.75 Å². The van der Waals surface area contributed by atoms with Crippen LogP contribution in [0.25, 0.3) is 0 Å². The Labute approximate surface area is 130 Å². The molecule has 2 rings (SSSR count). The number of halogens is 1. The maximum Gasteiger partial charge on any atom is 0.237 e. The predicted molar refractivity (Wildman–Crippen MR) is 83.8 cm³/mol. The lowest BCUT2D eigenvalue weighted by Gasteiger charge is -2.34. The van der Waals surface area contributed by atoms with E-state index in [0.29, 0.717) is 16.5 Å². The Morgan fingerprint density at radius 3 is 2.86 bits per heavy atom. The highest BCUT2D eigenvalue weighted by atomic mass is 35.5. The largest absolute Gasteiger partial charge is 0.487 e. The Morgan fingerprint density at radius 2 is 2.19 bits per heavy atom. The van der Waals surface area contributed by atoms with E-state index in [1.165, 1.54) is 4.31 Å². The van der Waals surface area contributed by atoms with Gasteiger partial charge in [-0.1, -0.05) is 11.6 Å². The molecule has 0 amide bonds. The average molecular weight is 334 g/mol. The van der Waals surface area contributed by atoms with E-state index in [2.05, 4.69) is 0 Å². The van der Waals surface area contributed by atoms with Crippen molar-refractivity contribution in [1.29, 1.82) is 0 Å². The molecule has 1 aliphatic heterocycles. The van der Waals surface area contributed by atoms with Crippen LogP contribution in [0.2, 0.25) is 5.02 Å². The fourth-order valence-electron chi connectivity index (χ4n) is 2.13. The van der Waals surface area contributed by atoms with E-state index in [-0.39, 0.29) is 31.1 Å². The van der Waals surface area contributed by atoms with Gasteiger partial charge in [-0.3, -0.25) is 4.31 Å². The highest BCUT2D eigenvalue weighted by Crippen LogP contribution is 2.37. The Balaban J connectivity index is 2.25. The molecule has 0 aromatic heterocycles. The molecule has 0 saturated heterocycles. The third-order valence-corrected chi connectivity index (χ3v) is 5.00. The second kappa shape index (κ2) is 6.42. The molecule has 5 nitrogen and oxygen atoms in total. The van der Waals surface area contributed by atoms with Crippen LogP contribution in [0.1, 0.15) is 20.8 Å². The topological polar surface area (TPSA) is 55.8 Å². The van der Waals surface area contributed by atoms with Gasteiger partial charge in [-0.15, -0.1) is 0 Å². The number of rotatable bonds is 5. The molecule has 0 N–H and O–H groups in total. The van der Waals surface area contributed by atoms with Crippen molar-refractivity contribution in [2.75, 3.05) is 23.2 Å². The van der Waals surface area contributed by atoms with Crippen molar-refractivity contribution in [3.05, 3.63) is 23.2 Å². The molecular formula is C14H20ClNO4S. The fraction of sp³-hybridized carbons (Fsp3) is 0.571. The first kappa shape index (κ1) is 16.4. The number of fused-ring (bicyclic) bond motifs is 1. The minimum absolute atomic E-state index is 0.00513. The molecule has 0 spiro atoms. The second-order valence-corrected chi connectivity index (χ2v) is 7.76. The SMILES string of the molecule is CC(C)OCCS(=O)(=O)N1CC(C)Oc2ccc(Cl)cc21. The minimum Gasteiger partial charge on any atom is -0.487 e. The Hall–Kier alpha value is -0.980. The second-order valence-electron chi connectivity index (χ2n) is 5.31. The molecule has 1 aromatic carbocycles. The molecule has 0 aliphatic carbocycles. The number of ether oxygens (including phenoxy) is 2. The van der Waals surface area contributed by atoms with Crippen LogP contribution in [0.15, 0.2) is 18.2 Å². The van der Waals surface area contributed by atoms with Crippen molar-refractivity contribution in [2.24, 2.45) is 0 Å². The van der Waals surface area contributed by atoms with Crippen LogP contribution in [-0.2, 0) is 14.8 Å². The number of hydrogen-bond acceptors (Lipinski definition) is 4. The summed E-state index contributed by atoms with van der Waals surface area (Å²) >= 11 is 5.97. The van der Waals surface area contributed by atoms with E-state index in [1.54, 1.807) is 18.2 Å². The van der Waals surface area contributed by atoms with Gasteiger partial charge in [-0.2, -0.15) is 0 Å². The first-order valence-electron chi connectivity index (χ1n) is 6.88. The van der Waals surface area contributed by atoms with E-state index in [1.807, 2.05) is 20.8 Å². The van der Waals surface area contributed by atoms with Gasteiger partial charge in [0.1, 0.15) is 11.9 Å². The molecule has 0 bridgehead atoms. The standard InChI is InChI=1S/C14H20ClNO4S/c1-10(2)19-6-7-21(17,18)16-9-11(3)20-14-5-4-12(15)8-13(14)16/h4-5,8,10-11H,6-7,9H2,1-3H3. The maximum atomic E-state index is 12.5. The lowest BCUT2D eigenvalue weighted by molar-refractivity contribution is 0.0911. The van der Waals surface area contributed by atoms with Crippen LogP contribution in [-0.4, -0.2) is 39.5 Å². The molecule has 1 heterocycles. The molecular weight excluding hydrogens is 314 g/mol. The van der Waals surface area contributed by atoms with E-state index in [9.17, 15) is 8.42 Å². The predicted octanol–water partition coefficient (Wildman–Crippen LogP) is 2.68. The zero-order chi connectivity index (χ0) is 15.6. The van der Waals surface area contributed by atoms with Crippen LogP contribution < -0.4 is 9.04 Å². The van der Waals surface area contributed by atoms with Gasteiger partial charge < -0.3 is 9.47 Å². The van der Waals surface area contributed by atoms with Gasteiger partial charge in [0.2, 0.25) is 10.0 Å². The first-order chi connectivity index (χ1) is 9.79. The maximum absolute atomic E-state index is 12.5. The van der Waals surface area contributed by atoms with Crippen molar-refractivity contribution in [3.8, 4) is 5.75 Å². The quantitative estimate of drug-likeness (QED) is 0.831. The van der Waals surface area contributed by atoms with Gasteiger partial charge in [0.05, 0.1) is 30.7 Å². The molecule has 0 fully saturated rings. The average Bonchev–Trinajstić information content (AvgIpc) is 2.37. The molecule has 7 heteroatoms. The molecule has 1 unspecified atom stereocenters. The van der Waals surface area contributed by atoms with Crippen LogP contribution in [0.4, 0.5) is 5.69 Å². The zero-order valence-corrected chi connectivity index (χ0v) is 13.9. The van der Waals surface area contributed by atoms with Gasteiger partial charge in [0, 0.05) is 5.02 Å². The van der Waals surface area contributed by atoms with Crippen molar-refractivity contribution >= 4 is 27.3 Å². The Kier molecular flexibility index (Phi) is 5.01. The summed E-state index contributed by atoms with van der Waals surface area (Å²) in [5.74, 6) is 0.468. The third-order valence-electron chi connectivity index (χ3n) is 3.07. The summed E-state index contributed by atoms with van der Waals surface area (Å²) < 4.78 is 37.4. The summed E-state index contributed by atoms with van der Waals surface area (Å²) in [6.45, 7) is 6.03. The molecule has 0 saturated carbocycles. The van der Waals surface area contributed by atoms with E-state index in [0.717, 1.165) is 0 Å². The van der Waals surface area contributed by atoms with E-state index >= 15 is 0 Å². The van der Waals surface area contributed by atoms with Crippen molar-refractivity contribution in [2.45, 2.75) is 33.0 Å². The summed E-state index contributed by atoms with van der Waals surface area (Å²) in [5, 5.41) is 0.477. The molecule has 1 atom stereocenters. The van der Waals surface area contributed by atoms with Gasteiger partial charge >= 0.3 is 0 Å². The van der Waals surface area contributed by atoms with Crippen molar-refractivity contribution in [3.63, 3.8) is 0 Å². The van der Waals surface area contributed by atoms with Gasteiger partial charge in [-0.25, -0.2) is 8.42 Å². The molecule has 118 valence electrons. The number of hydrogen-bond donors (Lipinski definition) is 0. The monoisotopic (exact) mass is 333 g/mol. The number of nitrogens with zero attached hydrogens (tertiary/aromatic N) is 1. The minimum atomic E-state index is -3.47. The lowest BCUT2D eigenvalue weighted by Crippen LogP contribution is -2.44. The molecule has 21 heavy (non-hydrogen) atoms. The highest BCUT2D eigenvalue weighted by molar-refractivity contribution is 7.92. The zero-order valence-electron chi connectivity index (χ0n) is 12.4. The van der Waals surface area contributed by atoms with Gasteiger partial charge in [-0.05, 0) is 39.0 Å². The Bertz CT molecular complexity index is 603. The summed E-state index contributed by atoms with van der Waals surface area (Å²) in [4.78, 5) is 0. The smallest absolute Gasteiger partial charge is 0.237 e. The number of anilines is 1. The number of sulfonamides is 1. The van der Waals surface area contributed by atoms with Crippen LogP contribution in [0.3, 0.4) is 0 Å². The summed E-state index contributed by atoms with van der Waals surface area (Å²) in [7, 11) is -3.47. The van der Waals surface area contributed by atoms with E-state index < -0.39 is 10.0 Å².